The van der Waals surface area contributed by atoms with Gasteiger partial charge < -0.3 is 30.1 Å². The van der Waals surface area contributed by atoms with Crippen LogP contribution in [0.1, 0.15) is 168 Å². The summed E-state index contributed by atoms with van der Waals surface area (Å²) < 4.78 is 0. The maximum atomic E-state index is 11.5. The summed E-state index contributed by atoms with van der Waals surface area (Å²) in [4.78, 5) is 50.0. The predicted octanol–water partition coefficient (Wildman–Crippen LogP) is 33.9. The number of benzene rings is 11. The minimum atomic E-state index is -0.417. The molecule has 0 amide bonds. The molecule has 10 nitrogen and oxygen atoms in total. The Morgan fingerprint density at radius 2 is 0.759 bits per heavy atom. The number of rotatable bonds is 21. The van der Waals surface area contributed by atoms with Gasteiger partial charge in [-0.1, -0.05) is 302 Å². The van der Waals surface area contributed by atoms with E-state index in [-0.39, 0.29) is 109 Å². The molecule has 0 bridgehead atoms. The van der Waals surface area contributed by atoms with Gasteiger partial charge in [0.25, 0.3) is 0 Å². The number of pyridine rings is 6. The van der Waals surface area contributed by atoms with Gasteiger partial charge in [0.15, 0.2) is 11.6 Å². The van der Waals surface area contributed by atoms with Gasteiger partial charge in [0, 0.05) is 152 Å². The maximum absolute atomic E-state index is 11.5. The Morgan fingerprint density at radius 3 is 1.23 bits per heavy atom. The van der Waals surface area contributed by atoms with E-state index in [2.05, 4.69) is 295 Å². The van der Waals surface area contributed by atoms with Crippen molar-refractivity contribution in [1.82, 2.24) is 29.9 Å². The van der Waals surface area contributed by atoms with Gasteiger partial charge in [0.2, 0.25) is 0 Å². The number of nitrogens with zero attached hydrogens (tertiary/aromatic N) is 6. The van der Waals surface area contributed by atoms with Crippen LogP contribution in [0, 0.1) is 111 Å². The summed E-state index contributed by atoms with van der Waals surface area (Å²) in [6.45, 7) is 43.1. The second-order valence-electron chi connectivity index (χ2n) is 39.9. The second kappa shape index (κ2) is 61.3. The average Bonchev–Trinajstić information content (AvgIpc) is 0.775. The largest absolute Gasteiger partial charge is 0.512 e. The summed E-state index contributed by atoms with van der Waals surface area (Å²) >= 11 is 0. The van der Waals surface area contributed by atoms with E-state index in [0.29, 0.717) is 42.4 Å². The van der Waals surface area contributed by atoms with E-state index in [9.17, 15) is 19.8 Å². The number of fused-ring (bicyclic) bond motifs is 2. The zero-order valence-electron chi connectivity index (χ0n) is 87.6. The Bertz CT molecular complexity index is 6680. The number of ketones is 2. The molecule has 0 aliphatic carbocycles. The number of aliphatic hydroxyl groups is 2. The molecule has 0 saturated carbocycles. The van der Waals surface area contributed by atoms with Crippen molar-refractivity contribution in [2.75, 3.05) is 0 Å². The molecular weight excluding hydrogens is 2490 g/mol. The van der Waals surface area contributed by atoms with Crippen molar-refractivity contribution in [2.24, 2.45) is 40.4 Å². The van der Waals surface area contributed by atoms with Crippen molar-refractivity contribution in [3.63, 3.8) is 0 Å². The molecule has 145 heavy (non-hydrogen) atoms. The first-order valence-electron chi connectivity index (χ1n) is 49.0. The Hall–Kier alpha value is -12.1. The van der Waals surface area contributed by atoms with Crippen molar-refractivity contribution in [3.05, 3.63) is 445 Å². The van der Waals surface area contributed by atoms with E-state index in [1.54, 1.807) is 6.20 Å². The van der Waals surface area contributed by atoms with Gasteiger partial charge in [-0.2, -0.15) is 0 Å². The smallest absolute Gasteiger partial charge is 0.164 e. The first kappa shape index (κ1) is 122. The van der Waals surface area contributed by atoms with Gasteiger partial charge >= 0.3 is 0 Å². The van der Waals surface area contributed by atoms with Crippen molar-refractivity contribution in [1.29, 1.82) is 0 Å². The van der Waals surface area contributed by atoms with Crippen molar-refractivity contribution in [2.45, 2.75) is 178 Å². The summed E-state index contributed by atoms with van der Waals surface area (Å²) in [6.07, 6.45) is 14.5. The molecule has 6 heterocycles. The Morgan fingerprint density at radius 1 is 0.317 bits per heavy atom. The summed E-state index contributed by atoms with van der Waals surface area (Å²) in [6, 6.07) is 127. The van der Waals surface area contributed by atoms with E-state index in [0.717, 1.165) is 115 Å². The monoisotopic (exact) mass is 2630 g/mol. The second-order valence-corrected chi connectivity index (χ2v) is 39.9. The molecule has 17 aromatic rings. The Kier molecular flexibility index (Phi) is 51.4. The van der Waals surface area contributed by atoms with E-state index >= 15 is 0 Å². The molecule has 0 fully saturated rings. The number of carbonyl (C=O) groups is 2. The maximum Gasteiger partial charge on any atom is 0.164 e. The number of allylic oxidation sites excluding steroid dienone is 4. The van der Waals surface area contributed by atoms with Crippen molar-refractivity contribution < 1.29 is 100 Å². The molecule has 2 N–H and O–H groups in total. The van der Waals surface area contributed by atoms with Crippen molar-refractivity contribution in [3.8, 4) is 101 Å². The van der Waals surface area contributed by atoms with Crippen LogP contribution in [0.15, 0.2) is 364 Å². The molecule has 0 aliphatic heterocycles. The summed E-state index contributed by atoms with van der Waals surface area (Å²) in [5.41, 5.74) is 30.9. The zero-order chi connectivity index (χ0) is 102. The summed E-state index contributed by atoms with van der Waals surface area (Å²) in [5, 5.41) is 21.4. The molecule has 0 aliphatic rings. The van der Waals surface area contributed by atoms with Crippen LogP contribution in [0.4, 0.5) is 0 Å². The zero-order valence-corrected chi connectivity index (χ0v) is 97.2. The predicted molar refractivity (Wildman–Crippen MR) is 591 cm³/mol. The summed E-state index contributed by atoms with van der Waals surface area (Å²) in [7, 11) is 0. The molecule has 758 valence electrons. The fraction of sp³-hybridized carbons (Fsp3) is 0.252. The van der Waals surface area contributed by atoms with Crippen LogP contribution in [-0.4, -0.2) is 51.7 Å². The number of aromatic nitrogens is 6. The Labute approximate surface area is 919 Å². The molecule has 0 atom stereocenters. The van der Waals surface area contributed by atoms with Gasteiger partial charge in [0.05, 0.1) is 16.8 Å². The first-order valence-corrected chi connectivity index (χ1v) is 49.0. The van der Waals surface area contributed by atoms with Crippen LogP contribution in [0.2, 0.25) is 0 Å². The summed E-state index contributed by atoms with van der Waals surface area (Å²) in [5.74, 6) is 3.01. The van der Waals surface area contributed by atoms with E-state index < -0.39 is 5.41 Å². The molecule has 14 heteroatoms. The van der Waals surface area contributed by atoms with Crippen LogP contribution >= 0.6 is 0 Å². The fourth-order valence-electron chi connectivity index (χ4n) is 15.4. The van der Waals surface area contributed by atoms with Crippen molar-refractivity contribution >= 4 is 33.4 Å². The minimum Gasteiger partial charge on any atom is -0.512 e. The number of aliphatic hydroxyl groups excluding tert-OH is 2. The molecular formula is C131H138Ir4N6O4-6. The minimum absolute atomic E-state index is 0. The third kappa shape index (κ3) is 41.4. The number of aryl methyl sites for hydroxylation is 5. The average molecular weight is 2630 g/mol. The molecule has 4 radical (unpaired) electrons. The van der Waals surface area contributed by atoms with E-state index in [4.69, 9.17) is 9.97 Å². The standard InChI is InChI=1S/C27H26N.C21H22N.C21H20N.C17H12N.C12H10N.C11H8N.2C11H20O2.4Ir/c1-18(2)12-23-17-27(24-14-19(3)13-20(4)15-24)28-26-11-10-22(16-25(23)26)21-8-6-5-7-9-21;1-14(2)10-17-6-5-7-21-19(17)8-9-20(22-21)18-12-15(3)11-16(4)13-18;1-16(2)14-17-8-10-18(11-9-17)20-12-13-22-21(15-20)19-6-4-3-5-7-19;1-3-7-14(8-4-1)16-11-12-17(18-13-16)15-9-5-2-6-10-15;1-10-7-8-12(13-9-10)11-5-3-2-4-6-11;1-2-6-10(7-3-1)11-8-4-5-9-12-11;1-10(2,3)8(12)7-9(13)11(4,5)6;1-8(2)5-10(12)7-11(13)6-9(3)4;;;;/h5-11,13-14,16-18H,12H2,1-4H3;5-9,11-12,14H,10H2,1-4H3;3-6,8-13,15-16H,14H2,1-2H3;1-9,11-13H;2-5,7-9H,1H3;1-6,8-9H;7,12H,1-6H3;7-9,12H,5-6H2,1-4H3;;;;/q6*-1;;;;;;. The van der Waals surface area contributed by atoms with E-state index in [1.807, 2.05) is 240 Å². The number of carbonyl (C=O) groups excluding carboxylic acids is 2. The molecule has 17 rings (SSSR count). The van der Waals surface area contributed by atoms with Gasteiger partial charge in [-0.3, -0.25) is 19.6 Å². The molecule has 11 aromatic carbocycles. The van der Waals surface area contributed by atoms with Gasteiger partial charge in [-0.05, 0) is 176 Å². The fourth-order valence-corrected chi connectivity index (χ4v) is 15.4. The number of hydrogen-bond donors (Lipinski definition) is 2. The topological polar surface area (TPSA) is 152 Å². The molecule has 6 aromatic heterocycles. The van der Waals surface area contributed by atoms with Gasteiger partial charge in [-0.15, -0.1) is 213 Å². The van der Waals surface area contributed by atoms with Gasteiger partial charge in [0.1, 0.15) is 5.76 Å². The normalized spacial score (nSPS) is 10.9. The molecule has 0 unspecified atom stereocenters. The number of hydrogen-bond acceptors (Lipinski definition) is 10. The third-order valence-corrected chi connectivity index (χ3v) is 22.3. The quantitative estimate of drug-likeness (QED) is 0.0404. The van der Waals surface area contributed by atoms with Crippen LogP contribution in [-0.2, 0) is 109 Å². The SMILES string of the molecule is CC(C)(C)C(=O)C=C(O)C(C)(C)C.CC(C)CC(=O)C=C(O)CC(C)C.CC(C)Cc1ccc(-c2ccnc(-c3[c-]cccc3)c2)cc1.Cc1[c-]c(-c2cc(CC(C)C)c3cc(-c4ccccc4)ccc3n2)cc(C)c1.Cc1[c-]c(-c2ccc3c(CC(C)C)cccc3n2)cc(C)c1.Cc1ccc(-c2[c-]cccc2)nc1.[Ir].[Ir].[Ir].[Ir].[c-]1ccccc1-c1ccc(-c2ccccc2)cn1.[c-]1ccccc1-c1ccccn1. The van der Waals surface area contributed by atoms with Gasteiger partial charge in [-0.25, -0.2) is 0 Å². The molecule has 0 saturated heterocycles. The van der Waals surface area contributed by atoms with Crippen LogP contribution < -0.4 is 0 Å². The third-order valence-electron chi connectivity index (χ3n) is 22.3. The Balaban J connectivity index is 0.000000257. The van der Waals surface area contributed by atoms with Crippen LogP contribution in [0.25, 0.3) is 123 Å². The van der Waals surface area contributed by atoms with Crippen LogP contribution in [0.5, 0.6) is 0 Å². The van der Waals surface area contributed by atoms with Crippen LogP contribution in [0.3, 0.4) is 0 Å². The van der Waals surface area contributed by atoms with E-state index in [1.165, 1.54) is 84.1 Å². The first-order chi connectivity index (χ1) is 67.5. The molecule has 0 spiro atoms.